The Hall–Kier alpha value is -1.70. The van der Waals surface area contributed by atoms with Gasteiger partial charge in [-0.05, 0) is 25.0 Å². The number of amides is 2. The fourth-order valence-electron chi connectivity index (χ4n) is 3.47. The molecule has 1 aromatic rings. The quantitative estimate of drug-likeness (QED) is 0.818. The van der Waals surface area contributed by atoms with Crippen molar-refractivity contribution in [3.63, 3.8) is 0 Å². The third-order valence-electron chi connectivity index (χ3n) is 5.05. The maximum absolute atomic E-state index is 14.1. The first-order valence-electron chi connectivity index (χ1n) is 8.86. The topological polar surface area (TPSA) is 72.9 Å². The number of nitrogens with one attached hydrogen (secondary N) is 1. The van der Waals surface area contributed by atoms with Gasteiger partial charge in [0, 0.05) is 43.3 Å². The highest BCUT2D eigenvalue weighted by atomic mass is 35.5. The van der Waals surface area contributed by atoms with E-state index in [1.807, 2.05) is 0 Å². The molecule has 2 heterocycles. The summed E-state index contributed by atoms with van der Waals surface area (Å²) >= 11 is 6.11. The highest BCUT2D eigenvalue weighted by Crippen LogP contribution is 2.23. The summed E-state index contributed by atoms with van der Waals surface area (Å²) in [6.07, 6.45) is 0.777. The SMILES string of the molecule is O=C1NCCN(Cc2c(F)cccc2Cl)C1CC(=O)N1CCC(O)CC1. The van der Waals surface area contributed by atoms with Crippen LogP contribution in [0.15, 0.2) is 18.2 Å². The van der Waals surface area contributed by atoms with Gasteiger partial charge in [-0.3, -0.25) is 14.5 Å². The molecule has 0 aliphatic carbocycles. The Balaban J connectivity index is 1.70. The smallest absolute Gasteiger partial charge is 0.237 e. The van der Waals surface area contributed by atoms with Gasteiger partial charge in [0.25, 0.3) is 0 Å². The number of aliphatic hydroxyl groups is 1. The van der Waals surface area contributed by atoms with Gasteiger partial charge in [-0.1, -0.05) is 17.7 Å². The van der Waals surface area contributed by atoms with Crippen LogP contribution >= 0.6 is 11.6 Å². The van der Waals surface area contributed by atoms with E-state index in [9.17, 15) is 19.1 Å². The van der Waals surface area contributed by atoms with Crippen LogP contribution in [-0.4, -0.2) is 65.0 Å². The van der Waals surface area contributed by atoms with Crippen LogP contribution in [0.2, 0.25) is 5.02 Å². The fraction of sp³-hybridized carbons (Fsp3) is 0.556. The van der Waals surface area contributed by atoms with Gasteiger partial charge in [0.15, 0.2) is 0 Å². The van der Waals surface area contributed by atoms with E-state index in [4.69, 9.17) is 11.6 Å². The molecule has 6 nitrogen and oxygen atoms in total. The third-order valence-corrected chi connectivity index (χ3v) is 5.40. The summed E-state index contributed by atoms with van der Waals surface area (Å²) in [6.45, 7) is 2.13. The van der Waals surface area contributed by atoms with Crippen LogP contribution in [0.3, 0.4) is 0 Å². The molecule has 2 fully saturated rings. The molecule has 2 amide bonds. The Morgan fingerprint density at radius 3 is 2.73 bits per heavy atom. The minimum atomic E-state index is -0.654. The molecule has 1 atom stereocenters. The molecule has 2 saturated heterocycles. The molecule has 2 aliphatic rings. The van der Waals surface area contributed by atoms with Crippen molar-refractivity contribution in [3.05, 3.63) is 34.6 Å². The molecule has 8 heteroatoms. The number of piperazine rings is 1. The number of halogens is 2. The molecule has 26 heavy (non-hydrogen) atoms. The lowest BCUT2D eigenvalue weighted by Gasteiger charge is -2.37. The minimum absolute atomic E-state index is 0.0357. The zero-order chi connectivity index (χ0) is 18.7. The Morgan fingerprint density at radius 1 is 1.31 bits per heavy atom. The monoisotopic (exact) mass is 383 g/mol. The Kier molecular flexibility index (Phi) is 6.11. The lowest BCUT2D eigenvalue weighted by molar-refractivity contribution is -0.140. The van der Waals surface area contributed by atoms with Crippen molar-refractivity contribution in [2.75, 3.05) is 26.2 Å². The molecule has 0 bridgehead atoms. The summed E-state index contributed by atoms with van der Waals surface area (Å²) in [5, 5.41) is 12.7. The Bertz CT molecular complexity index is 659. The minimum Gasteiger partial charge on any atom is -0.393 e. The summed E-state index contributed by atoms with van der Waals surface area (Å²) in [4.78, 5) is 28.4. The van der Waals surface area contributed by atoms with Gasteiger partial charge in [0.05, 0.1) is 18.6 Å². The first-order valence-corrected chi connectivity index (χ1v) is 9.24. The molecule has 0 spiro atoms. The average molecular weight is 384 g/mol. The summed E-state index contributed by atoms with van der Waals surface area (Å²) in [5.74, 6) is -0.767. The summed E-state index contributed by atoms with van der Waals surface area (Å²) in [7, 11) is 0. The molecule has 1 aromatic carbocycles. The Morgan fingerprint density at radius 2 is 2.04 bits per heavy atom. The van der Waals surface area contributed by atoms with Crippen LogP contribution in [0.25, 0.3) is 0 Å². The van der Waals surface area contributed by atoms with Crippen molar-refractivity contribution in [2.45, 2.75) is 38.0 Å². The predicted octanol–water partition coefficient (Wildman–Crippen LogP) is 1.15. The zero-order valence-electron chi connectivity index (χ0n) is 14.5. The number of aliphatic hydroxyl groups excluding tert-OH is 1. The van der Waals surface area contributed by atoms with E-state index in [0.29, 0.717) is 49.6 Å². The van der Waals surface area contributed by atoms with E-state index in [2.05, 4.69) is 5.32 Å². The maximum atomic E-state index is 14.1. The number of hydrogen-bond acceptors (Lipinski definition) is 4. The van der Waals surface area contributed by atoms with Gasteiger partial charge in [-0.25, -0.2) is 4.39 Å². The Labute approximate surface area is 156 Å². The first-order chi connectivity index (χ1) is 12.5. The van der Waals surface area contributed by atoms with Crippen LogP contribution in [0.5, 0.6) is 0 Å². The highest BCUT2D eigenvalue weighted by molar-refractivity contribution is 6.31. The number of benzene rings is 1. The first kappa shape index (κ1) is 19.1. The van der Waals surface area contributed by atoms with Crippen LogP contribution in [0.4, 0.5) is 4.39 Å². The van der Waals surface area contributed by atoms with Gasteiger partial charge in [-0.2, -0.15) is 0 Å². The summed E-state index contributed by atoms with van der Waals surface area (Å²) in [6, 6.07) is 3.84. The fourth-order valence-corrected chi connectivity index (χ4v) is 3.69. The van der Waals surface area contributed by atoms with Crippen molar-refractivity contribution in [3.8, 4) is 0 Å². The second kappa shape index (κ2) is 8.33. The van der Waals surface area contributed by atoms with Crippen molar-refractivity contribution < 1.29 is 19.1 Å². The number of carbonyl (C=O) groups is 2. The van der Waals surface area contributed by atoms with Gasteiger partial charge >= 0.3 is 0 Å². The van der Waals surface area contributed by atoms with Crippen molar-refractivity contribution in [1.29, 1.82) is 0 Å². The highest BCUT2D eigenvalue weighted by Gasteiger charge is 2.34. The number of likely N-dealkylation sites (tertiary alicyclic amines) is 1. The van der Waals surface area contributed by atoms with Gasteiger partial charge in [0.2, 0.25) is 11.8 Å². The third kappa shape index (κ3) is 4.34. The summed E-state index contributed by atoms with van der Waals surface area (Å²) in [5.41, 5.74) is 0.336. The molecular weight excluding hydrogens is 361 g/mol. The zero-order valence-corrected chi connectivity index (χ0v) is 15.2. The van der Waals surface area contributed by atoms with Crippen LogP contribution in [-0.2, 0) is 16.1 Å². The van der Waals surface area contributed by atoms with Crippen molar-refractivity contribution in [2.24, 2.45) is 0 Å². The normalized spacial score (nSPS) is 22.3. The largest absolute Gasteiger partial charge is 0.393 e. The average Bonchev–Trinajstić information content (AvgIpc) is 2.61. The number of piperidine rings is 1. The molecule has 0 aromatic heterocycles. The molecule has 0 radical (unpaired) electrons. The van der Waals surface area contributed by atoms with E-state index < -0.39 is 11.9 Å². The van der Waals surface area contributed by atoms with E-state index in [1.165, 1.54) is 12.1 Å². The van der Waals surface area contributed by atoms with Crippen LogP contribution in [0.1, 0.15) is 24.8 Å². The molecule has 1 unspecified atom stereocenters. The molecule has 0 saturated carbocycles. The van der Waals surface area contributed by atoms with Crippen molar-refractivity contribution in [1.82, 2.24) is 15.1 Å². The molecule has 3 rings (SSSR count). The lowest BCUT2D eigenvalue weighted by Crippen LogP contribution is -2.56. The van der Waals surface area contributed by atoms with Crippen LogP contribution in [0, 0.1) is 5.82 Å². The summed E-state index contributed by atoms with van der Waals surface area (Å²) < 4.78 is 14.1. The second-order valence-electron chi connectivity index (χ2n) is 6.79. The van der Waals surface area contributed by atoms with E-state index in [0.717, 1.165) is 0 Å². The molecular formula is C18H23ClFN3O3. The standard InChI is InChI=1S/C18H23ClFN3O3/c19-14-2-1-3-15(20)13(14)11-23-9-6-21-18(26)16(23)10-17(25)22-7-4-12(24)5-8-22/h1-3,12,16,24H,4-11H2,(H,21,26). The molecule has 2 N–H and O–H groups in total. The van der Waals surface area contributed by atoms with Gasteiger partial charge < -0.3 is 15.3 Å². The number of carbonyl (C=O) groups excluding carboxylic acids is 2. The van der Waals surface area contributed by atoms with Gasteiger partial charge in [-0.15, -0.1) is 0 Å². The maximum Gasteiger partial charge on any atom is 0.237 e. The van der Waals surface area contributed by atoms with E-state index in [-0.39, 0.29) is 30.9 Å². The van der Waals surface area contributed by atoms with Crippen LogP contribution < -0.4 is 5.32 Å². The predicted molar refractivity (Wildman–Crippen MR) is 95.1 cm³/mol. The number of nitrogens with zero attached hydrogens (tertiary/aromatic N) is 2. The van der Waals surface area contributed by atoms with Crippen molar-refractivity contribution >= 4 is 23.4 Å². The number of hydrogen-bond donors (Lipinski definition) is 2. The molecule has 142 valence electrons. The van der Waals surface area contributed by atoms with E-state index in [1.54, 1.807) is 15.9 Å². The lowest BCUT2D eigenvalue weighted by atomic mass is 10.0. The second-order valence-corrected chi connectivity index (χ2v) is 7.20. The molecule has 2 aliphatic heterocycles. The van der Waals surface area contributed by atoms with E-state index >= 15 is 0 Å². The van der Waals surface area contributed by atoms with Gasteiger partial charge in [0.1, 0.15) is 5.82 Å². The number of rotatable bonds is 4.